The minimum Gasteiger partial charge on any atom is -0.376 e. The summed E-state index contributed by atoms with van der Waals surface area (Å²) in [6.45, 7) is 37.3. The molecule has 0 spiro atoms. The predicted molar refractivity (Wildman–Crippen MR) is 321 cm³/mol. The van der Waals surface area contributed by atoms with E-state index in [0.29, 0.717) is 0 Å². The van der Waals surface area contributed by atoms with Crippen LogP contribution in [0.5, 0.6) is 0 Å². The average molecular weight is 987 g/mol. The van der Waals surface area contributed by atoms with E-state index >= 15 is 0 Å². The van der Waals surface area contributed by atoms with Gasteiger partial charge >= 0.3 is 6.85 Å². The molecule has 7 aromatic carbocycles. The molecule has 3 heterocycles. The fourth-order valence-corrected chi connectivity index (χ4v) is 16.9. The fourth-order valence-electron chi connectivity index (χ4n) is 15.8. The first-order chi connectivity index (χ1) is 34.8. The van der Waals surface area contributed by atoms with Gasteiger partial charge in [-0.25, -0.2) is 0 Å². The predicted octanol–water partition coefficient (Wildman–Crippen LogP) is 18.4. The first-order valence-corrected chi connectivity index (χ1v) is 29.0. The van der Waals surface area contributed by atoms with Crippen molar-refractivity contribution >= 4 is 77.7 Å². The van der Waals surface area contributed by atoms with Gasteiger partial charge in [0.2, 0.25) is 0 Å². The van der Waals surface area contributed by atoms with Crippen LogP contribution in [0, 0.1) is 6.92 Å². The van der Waals surface area contributed by atoms with E-state index in [9.17, 15) is 0 Å². The Labute approximate surface area is 446 Å². The van der Waals surface area contributed by atoms with Crippen LogP contribution in [-0.4, -0.2) is 6.85 Å². The number of fused-ring (bicyclic) bond motifs is 15. The van der Waals surface area contributed by atoms with Gasteiger partial charge in [-0.3, -0.25) is 0 Å². The van der Waals surface area contributed by atoms with Crippen molar-refractivity contribution in [1.29, 1.82) is 0 Å². The van der Waals surface area contributed by atoms with Crippen molar-refractivity contribution in [1.82, 2.24) is 0 Å². The molecule has 0 N–H and O–H groups in total. The first kappa shape index (κ1) is 46.9. The van der Waals surface area contributed by atoms with Crippen molar-refractivity contribution in [3.05, 3.63) is 159 Å². The Kier molecular flexibility index (Phi) is 9.30. The van der Waals surface area contributed by atoms with Gasteiger partial charge < -0.3 is 9.71 Å². The monoisotopic (exact) mass is 987 g/mol. The number of benzene rings is 7. The lowest BCUT2D eigenvalue weighted by atomic mass is 9.42. The van der Waals surface area contributed by atoms with Gasteiger partial charge in [-0.15, -0.1) is 11.3 Å². The number of rotatable bonds is 2. The molecule has 0 bridgehead atoms. The van der Waals surface area contributed by atoms with Gasteiger partial charge in [0, 0.05) is 48.8 Å². The van der Waals surface area contributed by atoms with Gasteiger partial charge in [0.25, 0.3) is 0 Å². The highest BCUT2D eigenvalue weighted by Gasteiger charge is 2.52. The first-order valence-electron chi connectivity index (χ1n) is 28.2. The summed E-state index contributed by atoms with van der Waals surface area (Å²) in [5, 5.41) is 2.76. The lowest BCUT2D eigenvalue weighted by Gasteiger charge is -2.50. The quantitative estimate of drug-likeness (QED) is 0.159. The molecule has 6 aliphatic rings. The molecular formula is C70H75BN2S. The van der Waals surface area contributed by atoms with Crippen LogP contribution in [0.25, 0.3) is 42.4 Å². The summed E-state index contributed by atoms with van der Waals surface area (Å²) in [6.07, 6.45) is 7.08. The summed E-state index contributed by atoms with van der Waals surface area (Å²) in [4.78, 5) is 5.68. The highest BCUT2D eigenvalue weighted by molar-refractivity contribution is 7.26. The van der Waals surface area contributed by atoms with Crippen LogP contribution in [0.4, 0.5) is 28.4 Å². The minimum absolute atomic E-state index is 0.0243. The number of aryl methyl sites for hydroxylation is 1. The molecule has 0 fully saturated rings. The molecule has 2 nitrogen and oxygen atoms in total. The van der Waals surface area contributed by atoms with Crippen LogP contribution in [-0.2, 0) is 37.9 Å². The molecule has 14 rings (SSSR count). The molecule has 0 radical (unpaired) electrons. The summed E-state index contributed by atoms with van der Waals surface area (Å²) >= 11 is 1.96. The summed E-state index contributed by atoms with van der Waals surface area (Å²) < 4.78 is 2.71. The van der Waals surface area contributed by atoms with E-state index in [2.05, 4.69) is 223 Å². The smallest absolute Gasteiger partial charge is 0.333 e. The Balaban J connectivity index is 1.20. The third kappa shape index (κ3) is 6.13. The molecular weight excluding hydrogens is 912 g/mol. The SMILES string of the molecule is Cc1cc2c(cc1N1c3cc4c(c5c3B(c3c1ccc1sc6ccccc6c31)N(c1ccc3c(c1)C(C)(C)CCC3(C)C)c1cc3c(cc1-5)C(C)(C)CCC3(C)C)-c1ccccc1C4(C)C)C(C)(C)CCC2(C)C. The van der Waals surface area contributed by atoms with Crippen LogP contribution < -0.4 is 20.6 Å². The number of hydrogen-bond donors (Lipinski definition) is 0. The Morgan fingerprint density at radius 3 is 1.61 bits per heavy atom. The molecule has 4 heteroatoms. The second-order valence-electron chi connectivity index (χ2n) is 28.5. The maximum atomic E-state index is 2.89. The molecule has 374 valence electrons. The van der Waals surface area contributed by atoms with E-state index in [1.165, 1.54) is 170 Å². The molecule has 8 aromatic rings. The zero-order chi connectivity index (χ0) is 51.8. The Hall–Kier alpha value is -5.58. The molecule has 74 heavy (non-hydrogen) atoms. The molecule has 2 aliphatic heterocycles. The second-order valence-corrected chi connectivity index (χ2v) is 29.6. The van der Waals surface area contributed by atoms with Crippen LogP contribution >= 0.6 is 11.3 Å². The van der Waals surface area contributed by atoms with E-state index in [0.717, 1.165) is 0 Å². The molecule has 0 saturated heterocycles. The van der Waals surface area contributed by atoms with Crippen molar-refractivity contribution in [2.45, 2.75) is 180 Å². The summed E-state index contributed by atoms with van der Waals surface area (Å²) in [6, 6.07) is 44.9. The van der Waals surface area contributed by atoms with Crippen molar-refractivity contribution in [3.8, 4) is 22.3 Å². The highest BCUT2D eigenvalue weighted by atomic mass is 32.1. The van der Waals surface area contributed by atoms with Crippen molar-refractivity contribution in [3.63, 3.8) is 0 Å². The highest BCUT2D eigenvalue weighted by Crippen LogP contribution is 2.61. The van der Waals surface area contributed by atoms with Crippen molar-refractivity contribution in [2.75, 3.05) is 9.71 Å². The lowest BCUT2D eigenvalue weighted by Crippen LogP contribution is -2.62. The Bertz CT molecular complexity index is 3810. The van der Waals surface area contributed by atoms with E-state index < -0.39 is 0 Å². The summed E-state index contributed by atoms with van der Waals surface area (Å²) in [5.74, 6) is 0. The Morgan fingerprint density at radius 1 is 0.405 bits per heavy atom. The van der Waals surface area contributed by atoms with Crippen LogP contribution in [0.1, 0.15) is 186 Å². The standard InChI is InChI=1S/C70H75BN2S/c1-40-34-47-50(68(10,11)32-30-65(47,4)5)37-54(40)72-53-26-27-58-60(43-21-17-19-23-57(43)74-58)62(53)71-63-56(72)39-52-59(42-20-16-18-22-45(42)70(52,14)15)61(63)44-36-49-51(69(12,13)33-31-67(49,8)9)38-55(44)73(71)41-24-25-46-48(35-41)66(6,7)29-28-64(46,2)3/h16-27,34-39H,28-33H2,1-15H3. The molecule has 1 aromatic heterocycles. The summed E-state index contributed by atoms with van der Waals surface area (Å²) in [5.41, 5.74) is 28.6. The molecule has 0 atom stereocenters. The van der Waals surface area contributed by atoms with Crippen LogP contribution in [0.2, 0.25) is 0 Å². The van der Waals surface area contributed by atoms with Gasteiger partial charge in [-0.05, 0) is 221 Å². The molecule has 0 unspecified atom stereocenters. The zero-order valence-corrected chi connectivity index (χ0v) is 47.8. The molecule has 0 saturated carbocycles. The number of nitrogens with zero attached hydrogens (tertiary/aromatic N) is 2. The zero-order valence-electron chi connectivity index (χ0n) is 47.0. The van der Waals surface area contributed by atoms with E-state index in [1.54, 1.807) is 0 Å². The number of hydrogen-bond acceptors (Lipinski definition) is 3. The molecule has 4 aliphatic carbocycles. The third-order valence-corrected chi connectivity index (χ3v) is 21.9. The van der Waals surface area contributed by atoms with Crippen LogP contribution in [0.3, 0.4) is 0 Å². The normalized spacial score (nSPS) is 21.0. The maximum Gasteiger partial charge on any atom is 0.333 e. The van der Waals surface area contributed by atoms with Gasteiger partial charge in [0.05, 0.1) is 0 Å². The van der Waals surface area contributed by atoms with E-state index in [4.69, 9.17) is 0 Å². The minimum atomic E-state index is -0.215. The van der Waals surface area contributed by atoms with E-state index in [-0.39, 0.29) is 44.8 Å². The Morgan fingerprint density at radius 2 is 0.946 bits per heavy atom. The number of thiophene rings is 1. The largest absolute Gasteiger partial charge is 0.376 e. The topological polar surface area (TPSA) is 6.48 Å². The fraction of sp³-hybridized carbons (Fsp3) is 0.400. The average Bonchev–Trinajstić information content (AvgIpc) is 3.90. The van der Waals surface area contributed by atoms with Gasteiger partial charge in [0.1, 0.15) is 0 Å². The van der Waals surface area contributed by atoms with Crippen molar-refractivity contribution in [2.24, 2.45) is 0 Å². The van der Waals surface area contributed by atoms with Gasteiger partial charge in [-0.2, -0.15) is 0 Å². The van der Waals surface area contributed by atoms with Crippen LogP contribution in [0.15, 0.2) is 109 Å². The van der Waals surface area contributed by atoms with Gasteiger partial charge in [-0.1, -0.05) is 152 Å². The third-order valence-electron chi connectivity index (χ3n) is 20.8. The summed E-state index contributed by atoms with van der Waals surface area (Å²) in [7, 11) is 0. The lowest BCUT2D eigenvalue weighted by molar-refractivity contribution is 0.332. The van der Waals surface area contributed by atoms with E-state index in [1.807, 2.05) is 11.3 Å². The second kappa shape index (κ2) is 14.7. The van der Waals surface area contributed by atoms with Gasteiger partial charge in [0.15, 0.2) is 0 Å². The van der Waals surface area contributed by atoms with Crippen molar-refractivity contribution < 1.29 is 0 Å². The molecule has 0 amide bonds. The number of anilines is 5. The maximum absolute atomic E-state index is 2.89.